The fourth-order valence-electron chi connectivity index (χ4n) is 4.19. The number of carbonyl (C=O) groups excluding carboxylic acids is 1. The molecule has 4 rings (SSSR count). The molecule has 0 aromatic carbocycles. The van der Waals surface area contributed by atoms with E-state index in [-0.39, 0.29) is 5.91 Å². The van der Waals surface area contributed by atoms with E-state index in [1.54, 1.807) is 6.20 Å². The number of H-pyrrole nitrogens is 1. The minimum absolute atomic E-state index is 0.0821. The van der Waals surface area contributed by atoms with Gasteiger partial charge in [0.25, 0.3) is 5.91 Å². The largest absolute Gasteiger partial charge is 0.478 e. The average molecular weight is 370 g/mol. The molecule has 2 aromatic heterocycles. The third-order valence-electron chi connectivity index (χ3n) is 5.57. The highest BCUT2D eigenvalue weighted by Gasteiger charge is 2.39. The van der Waals surface area contributed by atoms with Crippen LogP contribution in [0, 0.1) is 25.7 Å². The molecule has 2 aliphatic heterocycles. The van der Waals surface area contributed by atoms with Crippen LogP contribution >= 0.6 is 0 Å². The molecular formula is C19H26N6O2. The van der Waals surface area contributed by atoms with E-state index >= 15 is 0 Å². The summed E-state index contributed by atoms with van der Waals surface area (Å²) in [6.07, 6.45) is 2.69. The Kier molecular flexibility index (Phi) is 4.72. The van der Waals surface area contributed by atoms with Gasteiger partial charge in [0.05, 0.1) is 18.4 Å². The van der Waals surface area contributed by atoms with Crippen LogP contribution in [0.1, 0.15) is 35.2 Å². The number of rotatable bonds is 4. The Balaban J connectivity index is 1.46. The molecule has 144 valence electrons. The zero-order valence-corrected chi connectivity index (χ0v) is 16.1. The van der Waals surface area contributed by atoms with Crippen molar-refractivity contribution in [1.29, 1.82) is 0 Å². The van der Waals surface area contributed by atoms with Crippen LogP contribution in [0.15, 0.2) is 12.3 Å². The first-order valence-electron chi connectivity index (χ1n) is 9.57. The molecule has 0 saturated carbocycles. The number of likely N-dealkylation sites (tertiary alicyclic amines) is 1. The Morgan fingerprint density at radius 1 is 1.26 bits per heavy atom. The highest BCUT2D eigenvalue weighted by atomic mass is 16.5. The zero-order chi connectivity index (χ0) is 19.0. The van der Waals surface area contributed by atoms with E-state index in [2.05, 4.69) is 25.1 Å². The van der Waals surface area contributed by atoms with Crippen molar-refractivity contribution in [3.63, 3.8) is 0 Å². The predicted octanol–water partition coefficient (Wildman–Crippen LogP) is 1.81. The van der Waals surface area contributed by atoms with E-state index in [1.807, 2.05) is 31.7 Å². The first kappa shape index (κ1) is 17.8. The van der Waals surface area contributed by atoms with Gasteiger partial charge in [-0.3, -0.25) is 9.89 Å². The molecule has 8 nitrogen and oxygen atoms in total. The van der Waals surface area contributed by atoms with Crippen LogP contribution in [-0.4, -0.2) is 63.8 Å². The van der Waals surface area contributed by atoms with E-state index in [1.165, 1.54) is 0 Å². The second kappa shape index (κ2) is 7.17. The van der Waals surface area contributed by atoms with E-state index in [0.29, 0.717) is 29.9 Å². The van der Waals surface area contributed by atoms with Gasteiger partial charge >= 0.3 is 0 Å². The number of piperidine rings is 1. The van der Waals surface area contributed by atoms with Gasteiger partial charge in [0.15, 0.2) is 0 Å². The van der Waals surface area contributed by atoms with Crippen LogP contribution in [0.2, 0.25) is 0 Å². The minimum Gasteiger partial charge on any atom is -0.478 e. The number of aryl methyl sites for hydroxylation is 2. The molecule has 2 aliphatic rings. The molecule has 2 atom stereocenters. The maximum atomic E-state index is 12.8. The Labute approximate surface area is 158 Å². The van der Waals surface area contributed by atoms with Crippen molar-refractivity contribution in [2.24, 2.45) is 11.8 Å². The van der Waals surface area contributed by atoms with Gasteiger partial charge in [0, 0.05) is 37.9 Å². The zero-order valence-electron chi connectivity index (χ0n) is 16.1. The summed E-state index contributed by atoms with van der Waals surface area (Å²) in [7, 11) is 0. The standard InChI is InChI=1S/C19H26N6O2/c1-4-27-18-7-17(21-13(3)22-18)24-6-5-14-9-25(11-15(14)10-24)19(26)16-8-20-23-12(16)2/h7-8,14-15H,4-6,9-11H2,1-3H3,(H,20,23)/t14-,15+/m1/s1. The molecular weight excluding hydrogens is 344 g/mol. The second-order valence-corrected chi connectivity index (χ2v) is 7.42. The van der Waals surface area contributed by atoms with Gasteiger partial charge in [-0.15, -0.1) is 0 Å². The van der Waals surface area contributed by atoms with Crippen molar-refractivity contribution in [1.82, 2.24) is 25.1 Å². The smallest absolute Gasteiger partial charge is 0.257 e. The molecule has 0 unspecified atom stereocenters. The quantitative estimate of drug-likeness (QED) is 0.883. The first-order valence-corrected chi connectivity index (χ1v) is 9.57. The van der Waals surface area contributed by atoms with Gasteiger partial charge in [-0.25, -0.2) is 4.98 Å². The van der Waals surface area contributed by atoms with E-state index in [0.717, 1.165) is 49.9 Å². The number of hydrogen-bond acceptors (Lipinski definition) is 6. The Hall–Kier alpha value is -2.64. The van der Waals surface area contributed by atoms with Gasteiger partial charge in [0.1, 0.15) is 11.6 Å². The summed E-state index contributed by atoms with van der Waals surface area (Å²) in [5.41, 5.74) is 1.51. The van der Waals surface area contributed by atoms with Crippen LogP contribution in [0.3, 0.4) is 0 Å². The Morgan fingerprint density at radius 2 is 2.07 bits per heavy atom. The molecule has 2 fully saturated rings. The van der Waals surface area contributed by atoms with Crippen molar-refractivity contribution >= 4 is 11.7 Å². The van der Waals surface area contributed by atoms with Gasteiger partial charge < -0.3 is 14.5 Å². The average Bonchev–Trinajstić information content (AvgIpc) is 3.26. The number of fused-ring (bicyclic) bond motifs is 1. The molecule has 0 radical (unpaired) electrons. The van der Waals surface area contributed by atoms with Crippen molar-refractivity contribution < 1.29 is 9.53 Å². The molecule has 1 N–H and O–H groups in total. The summed E-state index contributed by atoms with van der Waals surface area (Å²) in [4.78, 5) is 26.0. The minimum atomic E-state index is 0.0821. The molecule has 0 spiro atoms. The number of anilines is 1. The fourth-order valence-corrected chi connectivity index (χ4v) is 4.19. The molecule has 27 heavy (non-hydrogen) atoms. The van der Waals surface area contributed by atoms with Crippen molar-refractivity contribution in [3.05, 3.63) is 29.3 Å². The van der Waals surface area contributed by atoms with Gasteiger partial charge in [0.2, 0.25) is 5.88 Å². The molecule has 1 amide bonds. The van der Waals surface area contributed by atoms with Crippen LogP contribution in [-0.2, 0) is 0 Å². The van der Waals surface area contributed by atoms with Crippen LogP contribution in [0.5, 0.6) is 5.88 Å². The SMILES string of the molecule is CCOc1cc(N2CC[C@@H]3CN(C(=O)c4cn[nH]c4C)C[C@@H]3C2)nc(C)n1. The number of aromatic amines is 1. The summed E-state index contributed by atoms with van der Waals surface area (Å²) < 4.78 is 5.57. The summed E-state index contributed by atoms with van der Waals surface area (Å²) in [5, 5.41) is 6.83. The second-order valence-electron chi connectivity index (χ2n) is 7.42. The maximum absolute atomic E-state index is 12.8. The third kappa shape index (κ3) is 3.48. The predicted molar refractivity (Wildman–Crippen MR) is 101 cm³/mol. The van der Waals surface area contributed by atoms with Gasteiger partial charge in [-0.05, 0) is 39.0 Å². The van der Waals surface area contributed by atoms with Crippen LogP contribution in [0.25, 0.3) is 0 Å². The van der Waals surface area contributed by atoms with Gasteiger partial charge in [-0.1, -0.05) is 0 Å². The highest BCUT2D eigenvalue weighted by molar-refractivity contribution is 5.95. The summed E-state index contributed by atoms with van der Waals surface area (Å²) in [5.74, 6) is 3.35. The molecule has 2 aromatic rings. The highest BCUT2D eigenvalue weighted by Crippen LogP contribution is 2.34. The normalized spacial score (nSPS) is 22.0. The Morgan fingerprint density at radius 3 is 2.81 bits per heavy atom. The third-order valence-corrected chi connectivity index (χ3v) is 5.57. The fraction of sp³-hybridized carbons (Fsp3) is 0.579. The number of carbonyl (C=O) groups is 1. The van der Waals surface area contributed by atoms with E-state index in [9.17, 15) is 4.79 Å². The molecule has 8 heteroatoms. The van der Waals surface area contributed by atoms with Crippen LogP contribution < -0.4 is 9.64 Å². The molecule has 0 bridgehead atoms. The van der Waals surface area contributed by atoms with E-state index in [4.69, 9.17) is 4.74 Å². The van der Waals surface area contributed by atoms with Crippen molar-refractivity contribution in [2.45, 2.75) is 27.2 Å². The Bertz CT molecular complexity index is 835. The summed E-state index contributed by atoms with van der Waals surface area (Å²) in [6, 6.07) is 1.92. The number of nitrogens with zero attached hydrogens (tertiary/aromatic N) is 5. The lowest BCUT2D eigenvalue weighted by molar-refractivity contribution is 0.0784. The topological polar surface area (TPSA) is 87.2 Å². The number of ether oxygens (including phenoxy) is 1. The number of amides is 1. The summed E-state index contributed by atoms with van der Waals surface area (Å²) >= 11 is 0. The monoisotopic (exact) mass is 370 g/mol. The molecule has 0 aliphatic carbocycles. The van der Waals surface area contributed by atoms with Gasteiger partial charge in [-0.2, -0.15) is 10.1 Å². The lowest BCUT2D eigenvalue weighted by Crippen LogP contribution is -2.40. The number of aromatic nitrogens is 4. The van der Waals surface area contributed by atoms with Crippen LogP contribution in [0.4, 0.5) is 5.82 Å². The molecule has 2 saturated heterocycles. The van der Waals surface area contributed by atoms with Crippen molar-refractivity contribution in [3.8, 4) is 5.88 Å². The molecule has 4 heterocycles. The van der Waals surface area contributed by atoms with Crippen molar-refractivity contribution in [2.75, 3.05) is 37.7 Å². The number of nitrogens with one attached hydrogen (secondary N) is 1. The van der Waals surface area contributed by atoms with E-state index < -0.39 is 0 Å². The lowest BCUT2D eigenvalue weighted by Gasteiger charge is -2.35. The summed E-state index contributed by atoms with van der Waals surface area (Å²) in [6.45, 7) is 9.78. The maximum Gasteiger partial charge on any atom is 0.257 e. The lowest BCUT2D eigenvalue weighted by atomic mass is 9.89. The number of hydrogen-bond donors (Lipinski definition) is 1. The first-order chi connectivity index (χ1) is 13.0.